The van der Waals surface area contributed by atoms with Gasteiger partial charge in [0.05, 0.1) is 40.5 Å². The summed E-state index contributed by atoms with van der Waals surface area (Å²) in [5.41, 5.74) is 2.17. The molecule has 2 aromatic carbocycles. The summed E-state index contributed by atoms with van der Waals surface area (Å²) in [6.45, 7) is 3.44. The molecule has 3 aromatic rings. The Hall–Kier alpha value is -5.03. The van der Waals surface area contributed by atoms with Crippen molar-refractivity contribution >= 4 is 23.5 Å². The molecule has 5 rings (SSSR count). The number of likely N-dealkylation sites (N-methyl/N-ethyl adjacent to an activating group) is 1. The number of aromatic nitrogens is 2. The van der Waals surface area contributed by atoms with Gasteiger partial charge in [-0.25, -0.2) is 14.3 Å². The second-order valence-electron chi connectivity index (χ2n) is 11.4. The summed E-state index contributed by atoms with van der Waals surface area (Å²) < 4.78 is 47.8. The predicted octanol–water partition coefficient (Wildman–Crippen LogP) is 5.10. The zero-order valence-corrected chi connectivity index (χ0v) is 25.8. The van der Waals surface area contributed by atoms with Gasteiger partial charge in [-0.15, -0.1) is 0 Å². The lowest BCUT2D eigenvalue weighted by molar-refractivity contribution is -0.137. The molecule has 0 atom stereocenters. The van der Waals surface area contributed by atoms with Crippen LogP contribution in [0.25, 0.3) is 11.4 Å². The average Bonchev–Trinajstić information content (AvgIpc) is 3.65. The largest absolute Gasteiger partial charge is 0.448 e. The van der Waals surface area contributed by atoms with E-state index in [4.69, 9.17) is 4.74 Å². The number of hydrogen-bond donors (Lipinski definition) is 1. The number of alkyl halides is 3. The molecule has 11 nitrogen and oxygen atoms in total. The molecule has 14 heteroatoms. The summed E-state index contributed by atoms with van der Waals surface area (Å²) in [6.07, 6.45) is -2.32. The van der Waals surface area contributed by atoms with E-state index in [0.717, 1.165) is 12.1 Å². The molecule has 1 fully saturated rings. The van der Waals surface area contributed by atoms with E-state index >= 15 is 0 Å². The van der Waals surface area contributed by atoms with E-state index in [1.54, 1.807) is 64.0 Å². The first kappa shape index (κ1) is 32.4. The molecule has 2 aliphatic rings. The number of nitrogens with one attached hydrogen (secondary N) is 1. The molecular weight excluding hydrogens is 601 g/mol. The lowest BCUT2D eigenvalue weighted by atomic mass is 10.1. The molecule has 3 heterocycles. The summed E-state index contributed by atoms with van der Waals surface area (Å²) in [7, 11) is 3.79. The fourth-order valence-electron chi connectivity index (χ4n) is 5.49. The fourth-order valence-corrected chi connectivity index (χ4v) is 5.49. The summed E-state index contributed by atoms with van der Waals surface area (Å²) in [5.74, 6) is 0. The van der Waals surface area contributed by atoms with E-state index in [0.29, 0.717) is 60.8 Å². The van der Waals surface area contributed by atoms with Crippen LogP contribution >= 0.6 is 0 Å². The Labute approximate surface area is 265 Å². The van der Waals surface area contributed by atoms with Crippen LogP contribution in [0.1, 0.15) is 36.6 Å². The first-order valence-electron chi connectivity index (χ1n) is 14.8. The van der Waals surface area contributed by atoms with E-state index in [2.05, 4.69) is 16.5 Å². The van der Waals surface area contributed by atoms with E-state index in [1.807, 2.05) is 19.0 Å². The number of rotatable bonds is 7. The van der Waals surface area contributed by atoms with Crippen LogP contribution in [0.15, 0.2) is 66.5 Å². The Morgan fingerprint density at radius 1 is 1.09 bits per heavy atom. The minimum absolute atomic E-state index is 0.0378. The van der Waals surface area contributed by atoms with Gasteiger partial charge in [0.15, 0.2) is 0 Å². The van der Waals surface area contributed by atoms with Crippen molar-refractivity contribution in [2.45, 2.75) is 32.0 Å². The molecule has 0 saturated carbocycles. The Bertz CT molecular complexity index is 1640. The van der Waals surface area contributed by atoms with Crippen molar-refractivity contribution in [3.63, 3.8) is 0 Å². The van der Waals surface area contributed by atoms with Crippen LogP contribution in [0.5, 0.6) is 0 Å². The molecule has 1 saturated heterocycles. The number of anilines is 1. The van der Waals surface area contributed by atoms with Gasteiger partial charge in [-0.1, -0.05) is 6.07 Å². The number of amides is 3. The quantitative estimate of drug-likeness (QED) is 0.384. The predicted molar refractivity (Wildman–Crippen MR) is 165 cm³/mol. The Kier molecular flexibility index (Phi) is 9.52. The van der Waals surface area contributed by atoms with Crippen LogP contribution in [-0.2, 0) is 10.9 Å². The number of carbonyl (C=O) groups excluding carboxylic acids is 2. The number of allylic oxidation sites excluding steroid dienone is 1. The van der Waals surface area contributed by atoms with Gasteiger partial charge in [0.1, 0.15) is 13.3 Å². The molecule has 0 unspecified atom stereocenters. The van der Waals surface area contributed by atoms with Crippen molar-refractivity contribution in [1.29, 1.82) is 5.26 Å². The number of nitrogens with zero attached hydrogens (tertiary/aromatic N) is 7. The third kappa shape index (κ3) is 7.10. The van der Waals surface area contributed by atoms with Gasteiger partial charge in [0, 0.05) is 37.1 Å². The molecule has 0 bridgehead atoms. The van der Waals surface area contributed by atoms with Gasteiger partial charge in [0.25, 0.3) is 0 Å². The maximum atomic E-state index is 13.9. The molecular formula is C32H35F3N8O3. The van der Waals surface area contributed by atoms with Crippen molar-refractivity contribution < 1.29 is 27.5 Å². The SMILES string of the molecule is CC1=C(c2ccnn2-c2ccc(C#N)cc2)N(C(=O)NC2CCN(C(=O)OCCN(C)C)CC2)CN1c1cccc(C(F)(F)F)c1. The molecule has 3 amide bonds. The van der Waals surface area contributed by atoms with Crippen molar-refractivity contribution in [2.75, 3.05) is 51.9 Å². The van der Waals surface area contributed by atoms with Gasteiger partial charge >= 0.3 is 18.3 Å². The van der Waals surface area contributed by atoms with Crippen LogP contribution < -0.4 is 10.2 Å². The monoisotopic (exact) mass is 636 g/mol. The van der Waals surface area contributed by atoms with E-state index in [9.17, 15) is 28.0 Å². The van der Waals surface area contributed by atoms with Crippen LogP contribution in [0, 0.1) is 11.3 Å². The van der Waals surface area contributed by atoms with Gasteiger partial charge in [-0.05, 0) is 82.4 Å². The molecule has 242 valence electrons. The van der Waals surface area contributed by atoms with Gasteiger partial charge < -0.3 is 24.8 Å². The minimum atomic E-state index is -4.53. The Morgan fingerprint density at radius 3 is 2.46 bits per heavy atom. The topological polar surface area (TPSA) is 110 Å². The first-order chi connectivity index (χ1) is 22.0. The number of carbonyl (C=O) groups is 2. The number of benzene rings is 2. The van der Waals surface area contributed by atoms with Crippen LogP contribution in [0.2, 0.25) is 0 Å². The normalized spacial score (nSPS) is 15.8. The summed E-state index contributed by atoms with van der Waals surface area (Å²) >= 11 is 0. The standard InChI is InChI=1S/C32H35F3N8O3/c1-22-29(28-11-14-37-43(28)26-9-7-23(20-36)8-10-26)42(21-41(22)27-6-4-5-24(19-27)32(33,34)35)30(44)38-25-12-15-40(16-13-25)31(45)46-18-17-39(2)3/h4-11,14,19,25H,12-13,15-18,21H2,1-3H3,(H,38,44). The number of halogens is 3. The van der Waals surface area contributed by atoms with E-state index in [1.165, 1.54) is 11.0 Å². The van der Waals surface area contributed by atoms with Gasteiger partial charge in [-0.3, -0.25) is 4.90 Å². The second-order valence-corrected chi connectivity index (χ2v) is 11.4. The maximum absolute atomic E-state index is 13.9. The van der Waals surface area contributed by atoms with Gasteiger partial charge in [0.2, 0.25) is 0 Å². The highest BCUT2D eigenvalue weighted by molar-refractivity contribution is 5.90. The van der Waals surface area contributed by atoms with Crippen LogP contribution in [-0.4, -0.2) is 89.7 Å². The highest BCUT2D eigenvalue weighted by Gasteiger charge is 2.37. The van der Waals surface area contributed by atoms with Crippen molar-refractivity contribution in [3.8, 4) is 11.8 Å². The smallest absolute Gasteiger partial charge is 0.416 e. The van der Waals surface area contributed by atoms with Crippen LogP contribution in [0.3, 0.4) is 0 Å². The number of hydrogen-bond acceptors (Lipinski definition) is 7. The number of ether oxygens (including phenoxy) is 1. The van der Waals surface area contributed by atoms with Crippen LogP contribution in [0.4, 0.5) is 28.4 Å². The number of likely N-dealkylation sites (tertiary alicyclic amines) is 1. The fraction of sp³-hybridized carbons (Fsp3) is 0.375. The highest BCUT2D eigenvalue weighted by Crippen LogP contribution is 2.38. The maximum Gasteiger partial charge on any atom is 0.416 e. The third-order valence-electron chi connectivity index (χ3n) is 8.00. The molecule has 0 radical (unpaired) electrons. The third-order valence-corrected chi connectivity index (χ3v) is 8.00. The van der Waals surface area contributed by atoms with Crippen molar-refractivity contribution in [1.82, 2.24) is 29.8 Å². The molecule has 0 aliphatic carbocycles. The zero-order chi connectivity index (χ0) is 33.0. The average molecular weight is 637 g/mol. The van der Waals surface area contributed by atoms with E-state index < -0.39 is 17.8 Å². The lowest BCUT2D eigenvalue weighted by Crippen LogP contribution is -2.50. The minimum Gasteiger partial charge on any atom is -0.448 e. The lowest BCUT2D eigenvalue weighted by Gasteiger charge is -2.33. The number of nitriles is 1. The molecule has 0 spiro atoms. The number of urea groups is 1. The Balaban J connectivity index is 1.39. The summed E-state index contributed by atoms with van der Waals surface area (Å²) in [4.78, 5) is 33.1. The summed E-state index contributed by atoms with van der Waals surface area (Å²) in [6, 6.07) is 14.9. The van der Waals surface area contributed by atoms with Gasteiger partial charge in [-0.2, -0.15) is 23.5 Å². The number of piperidine rings is 1. The zero-order valence-electron chi connectivity index (χ0n) is 25.8. The molecule has 2 aliphatic heterocycles. The Morgan fingerprint density at radius 2 is 1.80 bits per heavy atom. The second kappa shape index (κ2) is 13.5. The molecule has 1 N–H and O–H groups in total. The highest BCUT2D eigenvalue weighted by atomic mass is 19.4. The molecule has 1 aromatic heterocycles. The van der Waals surface area contributed by atoms with E-state index in [-0.39, 0.29) is 31.1 Å². The first-order valence-corrected chi connectivity index (χ1v) is 14.8. The van der Waals surface area contributed by atoms with Crippen molar-refractivity contribution in [3.05, 3.63) is 83.3 Å². The van der Waals surface area contributed by atoms with Crippen molar-refractivity contribution in [2.24, 2.45) is 0 Å². The summed E-state index contributed by atoms with van der Waals surface area (Å²) in [5, 5.41) is 16.7. The molecule has 46 heavy (non-hydrogen) atoms.